The van der Waals surface area contributed by atoms with Crippen LogP contribution in [-0.2, 0) is 19.9 Å². The fraction of sp³-hybridized carbons (Fsp3) is 0.280. The third kappa shape index (κ3) is 4.55. The molecule has 3 N–H and O–H groups in total. The monoisotopic (exact) mass is 461 g/mol. The van der Waals surface area contributed by atoms with Gasteiger partial charge in [0, 0.05) is 12.6 Å². The summed E-state index contributed by atoms with van der Waals surface area (Å²) in [6.07, 6.45) is 2.23. The summed E-state index contributed by atoms with van der Waals surface area (Å²) >= 11 is 0. The average molecular weight is 462 g/mol. The molecule has 0 saturated heterocycles. The minimum absolute atomic E-state index is 0.247. The van der Waals surface area contributed by atoms with E-state index in [1.54, 1.807) is 29.3 Å². The standard InChI is InChI=1S/C25H27N5O4/c1-4-6-19-21-22(30(3)28-19)25(32)27-23(26-21)18-14-16(9-12-20(18)34-5-2)13-15-7-10-17(11-8-15)24(31)29-33/h7-12,14,33H,4-6,13H2,1-3H3,(H,29,31)(H,26,27,32). The Bertz CT molecular complexity index is 1390. The second-order valence-corrected chi connectivity index (χ2v) is 8.01. The summed E-state index contributed by atoms with van der Waals surface area (Å²) in [5, 5.41) is 13.3. The first kappa shape index (κ1) is 23.2. The number of benzene rings is 2. The number of rotatable bonds is 8. The van der Waals surface area contributed by atoms with Crippen molar-refractivity contribution >= 4 is 16.9 Å². The molecule has 0 spiro atoms. The number of nitrogens with zero attached hydrogens (tertiary/aromatic N) is 3. The Morgan fingerprint density at radius 2 is 1.88 bits per heavy atom. The van der Waals surface area contributed by atoms with E-state index >= 15 is 0 Å². The third-order valence-electron chi connectivity index (χ3n) is 5.57. The summed E-state index contributed by atoms with van der Waals surface area (Å²) in [5.74, 6) is 0.505. The van der Waals surface area contributed by atoms with E-state index in [1.165, 1.54) is 0 Å². The first-order valence-corrected chi connectivity index (χ1v) is 11.2. The number of hydrogen-bond acceptors (Lipinski definition) is 6. The summed E-state index contributed by atoms with van der Waals surface area (Å²) in [7, 11) is 1.75. The van der Waals surface area contributed by atoms with Gasteiger partial charge in [-0.15, -0.1) is 0 Å². The first-order chi connectivity index (χ1) is 16.4. The number of fused-ring (bicyclic) bond motifs is 1. The minimum Gasteiger partial charge on any atom is -0.493 e. The maximum atomic E-state index is 12.9. The smallest absolute Gasteiger partial charge is 0.277 e. The Labute approximate surface area is 196 Å². The van der Waals surface area contributed by atoms with Gasteiger partial charge in [-0.05, 0) is 55.2 Å². The Morgan fingerprint density at radius 1 is 1.15 bits per heavy atom. The lowest BCUT2D eigenvalue weighted by Gasteiger charge is -2.12. The van der Waals surface area contributed by atoms with Crippen molar-refractivity contribution in [3.63, 3.8) is 0 Å². The molecule has 0 atom stereocenters. The van der Waals surface area contributed by atoms with Crippen molar-refractivity contribution in [2.45, 2.75) is 33.1 Å². The van der Waals surface area contributed by atoms with E-state index in [9.17, 15) is 9.59 Å². The number of nitrogens with one attached hydrogen (secondary N) is 2. The summed E-state index contributed by atoms with van der Waals surface area (Å²) < 4.78 is 7.41. The highest BCUT2D eigenvalue weighted by molar-refractivity contribution is 5.93. The number of aromatic nitrogens is 4. The van der Waals surface area contributed by atoms with Crippen molar-refractivity contribution < 1.29 is 14.7 Å². The number of ether oxygens (including phenoxy) is 1. The molecule has 9 heteroatoms. The normalized spacial score (nSPS) is 11.1. The fourth-order valence-corrected chi connectivity index (χ4v) is 4.01. The Balaban J connectivity index is 1.76. The number of aromatic amines is 1. The number of carbonyl (C=O) groups is 1. The van der Waals surface area contributed by atoms with E-state index in [0.29, 0.717) is 46.8 Å². The second kappa shape index (κ2) is 9.88. The van der Waals surface area contributed by atoms with Crippen LogP contribution in [0.25, 0.3) is 22.4 Å². The molecule has 0 radical (unpaired) electrons. The number of H-pyrrole nitrogens is 1. The summed E-state index contributed by atoms with van der Waals surface area (Å²) in [6.45, 7) is 4.44. The molecule has 2 aromatic heterocycles. The van der Waals surface area contributed by atoms with Crippen LogP contribution >= 0.6 is 0 Å². The van der Waals surface area contributed by atoms with Crippen molar-refractivity contribution in [2.75, 3.05) is 6.61 Å². The zero-order valence-corrected chi connectivity index (χ0v) is 19.4. The predicted molar refractivity (Wildman–Crippen MR) is 128 cm³/mol. The van der Waals surface area contributed by atoms with Gasteiger partial charge in [0.15, 0.2) is 5.52 Å². The molecule has 4 rings (SSSR count). The van der Waals surface area contributed by atoms with Crippen LogP contribution in [0.5, 0.6) is 5.75 Å². The summed E-state index contributed by atoms with van der Waals surface area (Å²) in [5.41, 5.74) is 6.28. The van der Waals surface area contributed by atoms with Crippen LogP contribution in [0.15, 0.2) is 47.3 Å². The highest BCUT2D eigenvalue weighted by Gasteiger charge is 2.18. The van der Waals surface area contributed by atoms with Gasteiger partial charge in [-0.1, -0.05) is 31.5 Å². The van der Waals surface area contributed by atoms with Crippen LogP contribution in [0, 0.1) is 0 Å². The lowest BCUT2D eigenvalue weighted by Crippen LogP contribution is -2.18. The number of hydroxylamine groups is 1. The number of carbonyl (C=O) groups excluding carboxylic acids is 1. The second-order valence-electron chi connectivity index (χ2n) is 8.01. The van der Waals surface area contributed by atoms with Gasteiger partial charge in [0.2, 0.25) is 0 Å². The van der Waals surface area contributed by atoms with Gasteiger partial charge in [-0.3, -0.25) is 19.5 Å². The molecule has 9 nitrogen and oxygen atoms in total. The van der Waals surface area contributed by atoms with Crippen molar-refractivity contribution in [1.82, 2.24) is 25.2 Å². The van der Waals surface area contributed by atoms with Gasteiger partial charge in [0.1, 0.15) is 17.1 Å². The molecule has 34 heavy (non-hydrogen) atoms. The van der Waals surface area contributed by atoms with Gasteiger partial charge in [0.25, 0.3) is 11.5 Å². The van der Waals surface area contributed by atoms with E-state index in [1.807, 2.05) is 37.3 Å². The zero-order chi connectivity index (χ0) is 24.2. The zero-order valence-electron chi connectivity index (χ0n) is 19.4. The SMILES string of the molecule is CCCc1nn(C)c2c(=O)[nH]c(-c3cc(Cc4ccc(C(=O)NO)cc4)ccc3OCC)nc12. The molecule has 4 aromatic rings. The van der Waals surface area contributed by atoms with E-state index in [4.69, 9.17) is 14.9 Å². The van der Waals surface area contributed by atoms with Crippen molar-refractivity contribution in [3.8, 4) is 17.1 Å². The van der Waals surface area contributed by atoms with Crippen LogP contribution in [0.4, 0.5) is 0 Å². The van der Waals surface area contributed by atoms with E-state index in [2.05, 4.69) is 17.0 Å². The minimum atomic E-state index is -0.557. The van der Waals surface area contributed by atoms with E-state index in [0.717, 1.165) is 29.7 Å². The molecule has 176 valence electrons. The Kier molecular flexibility index (Phi) is 6.74. The van der Waals surface area contributed by atoms with Gasteiger partial charge in [-0.2, -0.15) is 5.10 Å². The van der Waals surface area contributed by atoms with Gasteiger partial charge >= 0.3 is 0 Å². The van der Waals surface area contributed by atoms with Crippen molar-refractivity contribution in [3.05, 3.63) is 75.2 Å². The molecule has 2 aromatic carbocycles. The van der Waals surface area contributed by atoms with Crippen LogP contribution in [0.3, 0.4) is 0 Å². The lowest BCUT2D eigenvalue weighted by molar-refractivity contribution is 0.0706. The maximum Gasteiger partial charge on any atom is 0.277 e. The molecule has 0 aliphatic rings. The number of hydrogen-bond donors (Lipinski definition) is 3. The van der Waals surface area contributed by atoms with E-state index in [-0.39, 0.29) is 5.56 Å². The summed E-state index contributed by atoms with van der Waals surface area (Å²) in [6, 6.07) is 12.8. The van der Waals surface area contributed by atoms with Gasteiger partial charge in [0.05, 0.1) is 17.9 Å². The Morgan fingerprint density at radius 3 is 2.56 bits per heavy atom. The van der Waals surface area contributed by atoms with E-state index < -0.39 is 5.91 Å². The molecule has 0 saturated carbocycles. The number of aryl methyl sites for hydroxylation is 2. The molecule has 0 aliphatic carbocycles. The van der Waals surface area contributed by atoms with Crippen LogP contribution in [0.1, 0.15) is 47.4 Å². The average Bonchev–Trinajstić information content (AvgIpc) is 3.16. The lowest BCUT2D eigenvalue weighted by atomic mass is 10.0. The van der Waals surface area contributed by atoms with Gasteiger partial charge in [-0.25, -0.2) is 10.5 Å². The molecule has 1 amide bonds. The maximum absolute atomic E-state index is 12.9. The van der Waals surface area contributed by atoms with Crippen molar-refractivity contribution in [1.29, 1.82) is 0 Å². The quantitative estimate of drug-likeness (QED) is 0.273. The highest BCUT2D eigenvalue weighted by Crippen LogP contribution is 2.30. The summed E-state index contributed by atoms with van der Waals surface area (Å²) in [4.78, 5) is 32.2. The fourth-order valence-electron chi connectivity index (χ4n) is 4.01. The van der Waals surface area contributed by atoms with Crippen LogP contribution < -0.4 is 15.8 Å². The molecular weight excluding hydrogens is 434 g/mol. The number of amides is 1. The molecule has 0 fully saturated rings. The molecule has 0 aliphatic heterocycles. The van der Waals surface area contributed by atoms with Crippen LogP contribution in [-0.4, -0.2) is 37.5 Å². The largest absolute Gasteiger partial charge is 0.493 e. The predicted octanol–water partition coefficient (Wildman–Crippen LogP) is 3.38. The highest BCUT2D eigenvalue weighted by atomic mass is 16.5. The Hall–Kier alpha value is -3.98. The van der Waals surface area contributed by atoms with Gasteiger partial charge < -0.3 is 9.72 Å². The molecule has 2 heterocycles. The molecule has 0 bridgehead atoms. The van der Waals surface area contributed by atoms with Crippen molar-refractivity contribution in [2.24, 2.45) is 7.05 Å². The topological polar surface area (TPSA) is 122 Å². The molecule has 0 unspecified atom stereocenters. The molecular formula is C25H27N5O4. The third-order valence-corrected chi connectivity index (χ3v) is 5.57. The van der Waals surface area contributed by atoms with Crippen LogP contribution in [0.2, 0.25) is 0 Å². The first-order valence-electron chi connectivity index (χ1n) is 11.2.